The lowest BCUT2D eigenvalue weighted by atomic mass is 10.2. The van der Waals surface area contributed by atoms with Crippen LogP contribution >= 0.6 is 0 Å². The Morgan fingerprint density at radius 3 is 2.35 bits per heavy atom. The third-order valence-corrected chi connectivity index (χ3v) is 3.06. The first-order valence-electron chi connectivity index (χ1n) is 6.99. The Morgan fingerprint density at radius 2 is 1.75 bits per heavy atom. The van der Waals surface area contributed by atoms with Crippen LogP contribution in [0.4, 0.5) is 5.95 Å². The van der Waals surface area contributed by atoms with Crippen LogP contribution in [0.2, 0.25) is 0 Å². The van der Waals surface area contributed by atoms with E-state index in [1.807, 2.05) is 36.9 Å². The van der Waals surface area contributed by atoms with Crippen molar-refractivity contribution in [3.8, 4) is 0 Å². The zero-order valence-electron chi connectivity index (χ0n) is 12.1. The lowest BCUT2D eigenvalue weighted by molar-refractivity contribution is 0.717. The Balaban J connectivity index is 2.04. The second kappa shape index (κ2) is 7.55. The van der Waals surface area contributed by atoms with Crippen molar-refractivity contribution in [2.24, 2.45) is 0 Å². The molecular formula is C15H21N5. The fraction of sp³-hybridized carbons (Fsp3) is 0.400. The number of nitrogens with one attached hydrogen (secondary N) is 1. The molecule has 0 unspecified atom stereocenters. The van der Waals surface area contributed by atoms with Gasteiger partial charge in [0.25, 0.3) is 0 Å². The van der Waals surface area contributed by atoms with Crippen LogP contribution in [0.1, 0.15) is 25.0 Å². The maximum Gasteiger partial charge on any atom is 0.225 e. The molecule has 2 aromatic rings. The fourth-order valence-electron chi connectivity index (χ4n) is 1.90. The van der Waals surface area contributed by atoms with E-state index in [4.69, 9.17) is 0 Å². The molecule has 2 aromatic heterocycles. The molecule has 0 fully saturated rings. The molecule has 2 heterocycles. The number of pyridine rings is 1. The van der Waals surface area contributed by atoms with E-state index in [1.54, 1.807) is 0 Å². The van der Waals surface area contributed by atoms with Crippen LogP contribution in [0.25, 0.3) is 0 Å². The van der Waals surface area contributed by atoms with Crippen LogP contribution in [0.5, 0.6) is 0 Å². The summed E-state index contributed by atoms with van der Waals surface area (Å²) in [6.07, 6.45) is 7.40. The van der Waals surface area contributed by atoms with E-state index < -0.39 is 0 Å². The molecule has 0 saturated heterocycles. The molecule has 0 saturated carbocycles. The van der Waals surface area contributed by atoms with E-state index in [1.165, 1.54) is 5.56 Å². The number of hydrogen-bond acceptors (Lipinski definition) is 5. The van der Waals surface area contributed by atoms with Crippen LogP contribution in [-0.2, 0) is 13.1 Å². The van der Waals surface area contributed by atoms with Crippen molar-refractivity contribution in [3.05, 3.63) is 48.0 Å². The molecule has 2 rings (SSSR count). The minimum atomic E-state index is 0.768. The number of rotatable bonds is 7. The Hall–Kier alpha value is -2.01. The molecule has 5 nitrogen and oxygen atoms in total. The second-order valence-electron chi connectivity index (χ2n) is 4.54. The van der Waals surface area contributed by atoms with Crippen molar-refractivity contribution in [1.82, 2.24) is 20.3 Å². The highest BCUT2D eigenvalue weighted by atomic mass is 15.2. The van der Waals surface area contributed by atoms with Gasteiger partial charge in [-0.25, -0.2) is 9.97 Å². The normalized spacial score (nSPS) is 10.5. The molecule has 0 atom stereocenters. The van der Waals surface area contributed by atoms with Crippen LogP contribution in [0, 0.1) is 0 Å². The second-order valence-corrected chi connectivity index (χ2v) is 4.54. The van der Waals surface area contributed by atoms with Gasteiger partial charge in [-0.05, 0) is 31.2 Å². The molecule has 0 spiro atoms. The summed E-state index contributed by atoms with van der Waals surface area (Å²) in [6, 6.07) is 4.03. The minimum Gasteiger partial charge on any atom is -0.337 e. The van der Waals surface area contributed by atoms with E-state index in [0.717, 1.165) is 37.7 Å². The van der Waals surface area contributed by atoms with Gasteiger partial charge in [0.15, 0.2) is 0 Å². The molecule has 0 aliphatic heterocycles. The van der Waals surface area contributed by atoms with Crippen molar-refractivity contribution in [2.75, 3.05) is 18.0 Å². The Morgan fingerprint density at radius 1 is 1.05 bits per heavy atom. The third-order valence-electron chi connectivity index (χ3n) is 3.06. The number of aromatic nitrogens is 3. The molecule has 20 heavy (non-hydrogen) atoms. The predicted molar refractivity (Wildman–Crippen MR) is 80.4 cm³/mol. The van der Waals surface area contributed by atoms with E-state index >= 15 is 0 Å². The zero-order chi connectivity index (χ0) is 14.2. The van der Waals surface area contributed by atoms with Gasteiger partial charge in [0, 0.05) is 50.0 Å². The van der Waals surface area contributed by atoms with Crippen molar-refractivity contribution in [3.63, 3.8) is 0 Å². The van der Waals surface area contributed by atoms with Gasteiger partial charge in [-0.15, -0.1) is 0 Å². The molecule has 0 aromatic carbocycles. The highest BCUT2D eigenvalue weighted by Crippen LogP contribution is 2.11. The highest BCUT2D eigenvalue weighted by Gasteiger charge is 2.08. The van der Waals surface area contributed by atoms with Crippen molar-refractivity contribution >= 4 is 5.95 Å². The molecular weight excluding hydrogens is 250 g/mol. The Labute approximate surface area is 120 Å². The van der Waals surface area contributed by atoms with Gasteiger partial charge in [0.1, 0.15) is 0 Å². The topological polar surface area (TPSA) is 53.9 Å². The average Bonchev–Trinajstić information content (AvgIpc) is 2.52. The van der Waals surface area contributed by atoms with Crippen LogP contribution in [0.15, 0.2) is 36.9 Å². The molecule has 0 aliphatic carbocycles. The average molecular weight is 271 g/mol. The maximum atomic E-state index is 4.46. The van der Waals surface area contributed by atoms with Gasteiger partial charge in [-0.3, -0.25) is 4.98 Å². The standard InChI is InChI=1S/C15H21N5/c1-3-16-9-14-10-18-15(19-11-14)20(4-2)12-13-5-7-17-8-6-13/h5-8,10-11,16H,3-4,9,12H2,1-2H3. The summed E-state index contributed by atoms with van der Waals surface area (Å²) >= 11 is 0. The van der Waals surface area contributed by atoms with Crippen molar-refractivity contribution < 1.29 is 0 Å². The van der Waals surface area contributed by atoms with E-state index in [-0.39, 0.29) is 0 Å². The fourth-order valence-corrected chi connectivity index (χ4v) is 1.90. The lowest BCUT2D eigenvalue weighted by Gasteiger charge is -2.20. The van der Waals surface area contributed by atoms with Crippen LogP contribution < -0.4 is 10.2 Å². The summed E-state index contributed by atoms with van der Waals surface area (Å²) in [4.78, 5) is 15.1. The third kappa shape index (κ3) is 3.99. The summed E-state index contributed by atoms with van der Waals surface area (Å²) in [5.41, 5.74) is 2.32. The van der Waals surface area contributed by atoms with Crippen molar-refractivity contribution in [1.29, 1.82) is 0 Å². The zero-order valence-corrected chi connectivity index (χ0v) is 12.1. The molecule has 0 radical (unpaired) electrons. The van der Waals surface area contributed by atoms with Gasteiger partial charge >= 0.3 is 0 Å². The first-order valence-corrected chi connectivity index (χ1v) is 6.99. The molecule has 0 bridgehead atoms. The van der Waals surface area contributed by atoms with E-state index in [0.29, 0.717) is 0 Å². The SMILES string of the molecule is CCNCc1cnc(N(CC)Cc2ccncc2)nc1. The highest BCUT2D eigenvalue weighted by molar-refractivity contribution is 5.31. The van der Waals surface area contributed by atoms with Gasteiger partial charge in [-0.2, -0.15) is 0 Å². The maximum absolute atomic E-state index is 4.46. The molecule has 5 heteroatoms. The van der Waals surface area contributed by atoms with Crippen LogP contribution in [-0.4, -0.2) is 28.0 Å². The molecule has 0 amide bonds. The van der Waals surface area contributed by atoms with E-state index in [2.05, 4.69) is 39.0 Å². The number of nitrogens with zero attached hydrogens (tertiary/aromatic N) is 4. The number of hydrogen-bond donors (Lipinski definition) is 1. The first kappa shape index (κ1) is 14.4. The summed E-state index contributed by atoms with van der Waals surface area (Å²) in [7, 11) is 0. The van der Waals surface area contributed by atoms with Crippen molar-refractivity contribution in [2.45, 2.75) is 26.9 Å². The Bertz CT molecular complexity index is 497. The molecule has 1 N–H and O–H groups in total. The predicted octanol–water partition coefficient (Wildman–Crippen LogP) is 2.01. The summed E-state index contributed by atoms with van der Waals surface area (Å²) < 4.78 is 0. The Kier molecular flexibility index (Phi) is 5.43. The van der Waals surface area contributed by atoms with Crippen LogP contribution in [0.3, 0.4) is 0 Å². The monoisotopic (exact) mass is 271 g/mol. The lowest BCUT2D eigenvalue weighted by Crippen LogP contribution is -2.24. The quantitative estimate of drug-likeness (QED) is 0.835. The molecule has 106 valence electrons. The van der Waals surface area contributed by atoms with Gasteiger partial charge in [0.2, 0.25) is 5.95 Å². The number of anilines is 1. The minimum absolute atomic E-state index is 0.768. The largest absolute Gasteiger partial charge is 0.337 e. The van der Waals surface area contributed by atoms with E-state index in [9.17, 15) is 0 Å². The van der Waals surface area contributed by atoms with Gasteiger partial charge in [0.05, 0.1) is 0 Å². The summed E-state index contributed by atoms with van der Waals surface area (Å²) in [5, 5.41) is 3.27. The summed E-state index contributed by atoms with van der Waals surface area (Å²) in [6.45, 7) is 7.62. The first-order chi connectivity index (χ1) is 9.83. The van der Waals surface area contributed by atoms with Gasteiger partial charge in [-0.1, -0.05) is 6.92 Å². The summed E-state index contributed by atoms with van der Waals surface area (Å²) in [5.74, 6) is 0.768. The van der Waals surface area contributed by atoms with Gasteiger partial charge < -0.3 is 10.2 Å². The smallest absolute Gasteiger partial charge is 0.225 e. The molecule has 0 aliphatic rings.